The molecule has 2 amide bonds. The molecule has 0 aliphatic carbocycles. The van der Waals surface area contributed by atoms with Crippen LogP contribution in [0.3, 0.4) is 0 Å². The van der Waals surface area contributed by atoms with E-state index >= 15 is 0 Å². The van der Waals surface area contributed by atoms with Crippen LogP contribution in [0.1, 0.15) is 25.3 Å². The SMILES string of the molecule is CCCN1CC(COc2ccccc2NC(=O)CCc2ccccc2)OC1=O. The van der Waals surface area contributed by atoms with Gasteiger partial charge in [0.25, 0.3) is 0 Å². The Morgan fingerprint density at radius 2 is 1.93 bits per heavy atom. The predicted octanol–water partition coefficient (Wildman–Crippen LogP) is 3.87. The average molecular weight is 382 g/mol. The Hall–Kier alpha value is -3.02. The number of hydrogen-bond acceptors (Lipinski definition) is 4. The van der Waals surface area contributed by atoms with Crippen LogP contribution in [0.5, 0.6) is 5.75 Å². The van der Waals surface area contributed by atoms with Gasteiger partial charge >= 0.3 is 6.09 Å². The first-order valence-corrected chi connectivity index (χ1v) is 9.67. The number of ether oxygens (including phenoxy) is 2. The summed E-state index contributed by atoms with van der Waals surface area (Å²) in [7, 11) is 0. The zero-order valence-electron chi connectivity index (χ0n) is 16.1. The molecule has 1 atom stereocenters. The lowest BCUT2D eigenvalue weighted by molar-refractivity contribution is -0.116. The zero-order chi connectivity index (χ0) is 19.8. The van der Waals surface area contributed by atoms with E-state index < -0.39 is 0 Å². The molecule has 1 saturated heterocycles. The first-order chi connectivity index (χ1) is 13.7. The van der Waals surface area contributed by atoms with Gasteiger partial charge in [-0.05, 0) is 30.5 Å². The van der Waals surface area contributed by atoms with Crippen molar-refractivity contribution in [1.29, 1.82) is 0 Å². The molecule has 1 heterocycles. The lowest BCUT2D eigenvalue weighted by Gasteiger charge is -2.15. The monoisotopic (exact) mass is 382 g/mol. The van der Waals surface area contributed by atoms with Crippen LogP contribution in [-0.4, -0.2) is 42.7 Å². The van der Waals surface area contributed by atoms with Gasteiger partial charge in [0.15, 0.2) is 6.10 Å². The van der Waals surface area contributed by atoms with Crippen molar-refractivity contribution in [3.63, 3.8) is 0 Å². The zero-order valence-corrected chi connectivity index (χ0v) is 16.1. The van der Waals surface area contributed by atoms with Crippen LogP contribution in [0, 0.1) is 0 Å². The Morgan fingerprint density at radius 3 is 2.71 bits per heavy atom. The normalized spacial score (nSPS) is 16.0. The standard InChI is InChI=1S/C22H26N2O4/c1-2-14-24-15-18(28-22(24)26)16-27-20-11-7-6-10-19(20)23-21(25)13-12-17-8-4-3-5-9-17/h3-11,18H,2,12-16H2,1H3,(H,23,25). The largest absolute Gasteiger partial charge is 0.487 e. The van der Waals surface area contributed by atoms with Gasteiger partial charge in [-0.3, -0.25) is 4.79 Å². The van der Waals surface area contributed by atoms with Crippen LogP contribution in [0.2, 0.25) is 0 Å². The third-order valence-corrected chi connectivity index (χ3v) is 4.51. The van der Waals surface area contributed by atoms with E-state index in [1.54, 1.807) is 17.0 Å². The number of carbonyl (C=O) groups is 2. The van der Waals surface area contributed by atoms with Gasteiger partial charge in [0, 0.05) is 13.0 Å². The second kappa shape index (κ2) is 9.78. The lowest BCUT2D eigenvalue weighted by atomic mass is 10.1. The van der Waals surface area contributed by atoms with Crippen LogP contribution in [-0.2, 0) is 16.0 Å². The fourth-order valence-corrected chi connectivity index (χ4v) is 3.11. The maximum absolute atomic E-state index is 12.3. The first kappa shape index (κ1) is 19.7. The lowest BCUT2D eigenvalue weighted by Crippen LogP contribution is -2.27. The van der Waals surface area contributed by atoms with Crippen molar-refractivity contribution in [2.75, 3.05) is 25.0 Å². The molecule has 28 heavy (non-hydrogen) atoms. The molecule has 6 nitrogen and oxygen atoms in total. The van der Waals surface area contributed by atoms with Crippen molar-refractivity contribution in [2.24, 2.45) is 0 Å². The molecule has 148 valence electrons. The molecule has 1 aliphatic heterocycles. The van der Waals surface area contributed by atoms with E-state index in [2.05, 4.69) is 5.32 Å². The highest BCUT2D eigenvalue weighted by Crippen LogP contribution is 2.25. The van der Waals surface area contributed by atoms with Gasteiger partial charge in [0.1, 0.15) is 12.4 Å². The second-order valence-corrected chi connectivity index (χ2v) is 6.79. The molecule has 1 aliphatic rings. The van der Waals surface area contributed by atoms with Crippen LogP contribution >= 0.6 is 0 Å². The Bertz CT molecular complexity index is 794. The van der Waals surface area contributed by atoms with Gasteiger partial charge in [-0.15, -0.1) is 0 Å². The van der Waals surface area contributed by atoms with Crippen LogP contribution in [0.15, 0.2) is 54.6 Å². The van der Waals surface area contributed by atoms with E-state index in [1.807, 2.05) is 49.4 Å². The number of para-hydroxylation sites is 2. The fraction of sp³-hybridized carbons (Fsp3) is 0.364. The summed E-state index contributed by atoms with van der Waals surface area (Å²) in [6, 6.07) is 17.2. The van der Waals surface area contributed by atoms with E-state index in [0.717, 1.165) is 12.0 Å². The molecule has 2 aromatic carbocycles. The Kier molecular flexibility index (Phi) is 6.89. The Morgan fingerprint density at radius 1 is 1.18 bits per heavy atom. The minimum atomic E-state index is -0.305. The molecule has 3 rings (SSSR count). The number of aryl methyl sites for hydroxylation is 1. The molecule has 6 heteroatoms. The van der Waals surface area contributed by atoms with Crippen molar-refractivity contribution in [1.82, 2.24) is 4.90 Å². The molecule has 1 N–H and O–H groups in total. The number of rotatable bonds is 9. The van der Waals surface area contributed by atoms with E-state index in [1.165, 1.54) is 0 Å². The maximum atomic E-state index is 12.3. The fourth-order valence-electron chi connectivity index (χ4n) is 3.11. The van der Waals surface area contributed by atoms with Gasteiger partial charge in [-0.2, -0.15) is 0 Å². The van der Waals surface area contributed by atoms with Gasteiger partial charge in [0.2, 0.25) is 5.91 Å². The Labute approximate surface area is 165 Å². The third-order valence-electron chi connectivity index (χ3n) is 4.51. The number of hydrogen-bond donors (Lipinski definition) is 1. The topological polar surface area (TPSA) is 67.9 Å². The quantitative estimate of drug-likeness (QED) is 0.715. The minimum Gasteiger partial charge on any atom is -0.487 e. The minimum absolute atomic E-state index is 0.0682. The predicted molar refractivity (Wildman–Crippen MR) is 107 cm³/mol. The number of nitrogens with one attached hydrogen (secondary N) is 1. The van der Waals surface area contributed by atoms with E-state index in [4.69, 9.17) is 9.47 Å². The van der Waals surface area contributed by atoms with Gasteiger partial charge in [-0.1, -0.05) is 49.4 Å². The van der Waals surface area contributed by atoms with Crippen molar-refractivity contribution < 1.29 is 19.1 Å². The summed E-state index contributed by atoms with van der Waals surface area (Å²) in [4.78, 5) is 25.8. The van der Waals surface area contributed by atoms with Crippen LogP contribution in [0.25, 0.3) is 0 Å². The molecular formula is C22H26N2O4. The van der Waals surface area contributed by atoms with Crippen LogP contribution < -0.4 is 10.1 Å². The number of cyclic esters (lactones) is 1. The summed E-state index contributed by atoms with van der Waals surface area (Å²) < 4.78 is 11.2. The van der Waals surface area contributed by atoms with Crippen molar-refractivity contribution in [3.05, 3.63) is 60.2 Å². The maximum Gasteiger partial charge on any atom is 0.410 e. The van der Waals surface area contributed by atoms with E-state index in [9.17, 15) is 9.59 Å². The molecular weight excluding hydrogens is 356 g/mol. The summed E-state index contributed by atoms with van der Waals surface area (Å²) in [6.45, 7) is 3.48. The average Bonchev–Trinajstić information content (AvgIpc) is 3.06. The highest BCUT2D eigenvalue weighted by atomic mass is 16.6. The van der Waals surface area contributed by atoms with Crippen LogP contribution in [0.4, 0.5) is 10.5 Å². The highest BCUT2D eigenvalue weighted by Gasteiger charge is 2.31. The number of anilines is 1. The summed E-state index contributed by atoms with van der Waals surface area (Å²) in [5.41, 5.74) is 1.75. The highest BCUT2D eigenvalue weighted by molar-refractivity contribution is 5.92. The summed E-state index contributed by atoms with van der Waals surface area (Å²) in [5.74, 6) is 0.502. The van der Waals surface area contributed by atoms with E-state index in [0.29, 0.717) is 37.4 Å². The van der Waals surface area contributed by atoms with Crippen molar-refractivity contribution in [2.45, 2.75) is 32.3 Å². The van der Waals surface area contributed by atoms with Gasteiger partial charge in [-0.25, -0.2) is 4.79 Å². The third kappa shape index (κ3) is 5.49. The number of benzene rings is 2. The molecule has 0 bridgehead atoms. The molecule has 2 aromatic rings. The van der Waals surface area contributed by atoms with Gasteiger partial charge in [0.05, 0.1) is 12.2 Å². The summed E-state index contributed by atoms with van der Waals surface area (Å²) in [6.07, 6.45) is 1.37. The second-order valence-electron chi connectivity index (χ2n) is 6.79. The number of nitrogens with zero attached hydrogens (tertiary/aromatic N) is 1. The molecule has 0 saturated carbocycles. The molecule has 1 unspecified atom stereocenters. The summed E-state index contributed by atoms with van der Waals surface area (Å²) in [5, 5.41) is 2.91. The number of carbonyl (C=O) groups excluding carboxylic acids is 2. The Balaban J connectivity index is 1.51. The smallest absolute Gasteiger partial charge is 0.410 e. The van der Waals surface area contributed by atoms with Crippen molar-refractivity contribution >= 4 is 17.7 Å². The number of amides is 2. The molecule has 0 aromatic heterocycles. The van der Waals surface area contributed by atoms with E-state index in [-0.39, 0.29) is 24.7 Å². The van der Waals surface area contributed by atoms with Crippen molar-refractivity contribution in [3.8, 4) is 5.75 Å². The van der Waals surface area contributed by atoms with Gasteiger partial charge < -0.3 is 19.7 Å². The molecule has 1 fully saturated rings. The summed E-state index contributed by atoms with van der Waals surface area (Å²) >= 11 is 0. The first-order valence-electron chi connectivity index (χ1n) is 9.67. The molecule has 0 radical (unpaired) electrons. The molecule has 0 spiro atoms.